The standard InChI is InChI=1S/C19H24N2O3S/c1-25(22,23)15-16-9-10-19(20-13-16)24-18-8-4-3-7-17(18)14-21-11-5-2-6-12-21/h3-4,7-10,13H,2,5-6,11-12,14-15H2,1H3. The SMILES string of the molecule is CS(=O)(=O)Cc1ccc(Oc2ccccc2CN2CCCCC2)nc1. The molecule has 25 heavy (non-hydrogen) atoms. The van der Waals surface area contributed by atoms with Crippen LogP contribution >= 0.6 is 0 Å². The monoisotopic (exact) mass is 360 g/mol. The number of ether oxygens (including phenoxy) is 1. The van der Waals surface area contributed by atoms with Crippen molar-refractivity contribution in [1.29, 1.82) is 0 Å². The molecule has 5 nitrogen and oxygen atoms in total. The molecular weight excluding hydrogens is 336 g/mol. The number of hydrogen-bond donors (Lipinski definition) is 0. The molecular formula is C19H24N2O3S. The van der Waals surface area contributed by atoms with Crippen molar-refractivity contribution in [2.24, 2.45) is 0 Å². The number of aromatic nitrogens is 1. The summed E-state index contributed by atoms with van der Waals surface area (Å²) >= 11 is 0. The molecule has 134 valence electrons. The van der Waals surface area contributed by atoms with Crippen LogP contribution in [0.15, 0.2) is 42.6 Å². The largest absolute Gasteiger partial charge is 0.439 e. The highest BCUT2D eigenvalue weighted by Gasteiger charge is 2.13. The Kier molecular flexibility index (Phi) is 5.71. The average molecular weight is 360 g/mol. The fourth-order valence-corrected chi connectivity index (χ4v) is 3.84. The summed E-state index contributed by atoms with van der Waals surface area (Å²) in [5.74, 6) is 1.27. The first kappa shape index (κ1) is 17.9. The molecule has 0 saturated carbocycles. The first-order valence-electron chi connectivity index (χ1n) is 8.60. The zero-order chi connectivity index (χ0) is 17.7. The van der Waals surface area contributed by atoms with E-state index in [4.69, 9.17) is 4.74 Å². The molecule has 1 fully saturated rings. The predicted molar refractivity (Wildman–Crippen MR) is 98.4 cm³/mol. The van der Waals surface area contributed by atoms with E-state index in [0.717, 1.165) is 30.9 Å². The zero-order valence-electron chi connectivity index (χ0n) is 14.5. The number of sulfone groups is 1. The van der Waals surface area contributed by atoms with Gasteiger partial charge in [-0.05, 0) is 37.6 Å². The van der Waals surface area contributed by atoms with Crippen molar-refractivity contribution in [3.63, 3.8) is 0 Å². The van der Waals surface area contributed by atoms with Gasteiger partial charge in [0.15, 0.2) is 9.84 Å². The Labute approximate surface area is 149 Å². The Bertz CT molecular complexity index is 798. The molecule has 1 aliphatic rings. The summed E-state index contributed by atoms with van der Waals surface area (Å²) in [6, 6.07) is 11.5. The molecule has 2 aromatic rings. The topological polar surface area (TPSA) is 59.5 Å². The van der Waals surface area contributed by atoms with Gasteiger partial charge in [0.1, 0.15) is 5.75 Å². The normalized spacial score (nSPS) is 15.9. The number of hydrogen-bond acceptors (Lipinski definition) is 5. The first-order chi connectivity index (χ1) is 12.0. The number of likely N-dealkylation sites (tertiary alicyclic amines) is 1. The van der Waals surface area contributed by atoms with Gasteiger partial charge in [-0.25, -0.2) is 13.4 Å². The van der Waals surface area contributed by atoms with Crippen LogP contribution in [0.25, 0.3) is 0 Å². The molecule has 0 unspecified atom stereocenters. The molecule has 0 bridgehead atoms. The van der Waals surface area contributed by atoms with Gasteiger partial charge < -0.3 is 4.74 Å². The van der Waals surface area contributed by atoms with Crippen molar-refractivity contribution in [3.8, 4) is 11.6 Å². The lowest BCUT2D eigenvalue weighted by atomic mass is 10.1. The second kappa shape index (κ2) is 7.97. The fraction of sp³-hybridized carbons (Fsp3) is 0.421. The van der Waals surface area contributed by atoms with Crippen LogP contribution in [-0.2, 0) is 22.1 Å². The van der Waals surface area contributed by atoms with Crippen molar-refractivity contribution >= 4 is 9.84 Å². The number of para-hydroxylation sites is 1. The Balaban J connectivity index is 1.70. The van der Waals surface area contributed by atoms with Crippen LogP contribution in [0.3, 0.4) is 0 Å². The van der Waals surface area contributed by atoms with E-state index in [-0.39, 0.29) is 5.75 Å². The molecule has 3 rings (SSSR count). The minimum absolute atomic E-state index is 0.00811. The van der Waals surface area contributed by atoms with Gasteiger partial charge in [-0.2, -0.15) is 0 Å². The summed E-state index contributed by atoms with van der Waals surface area (Å²) in [7, 11) is -3.06. The third kappa shape index (κ3) is 5.54. The number of piperidine rings is 1. The van der Waals surface area contributed by atoms with E-state index in [1.54, 1.807) is 18.3 Å². The molecule has 0 N–H and O–H groups in total. The van der Waals surface area contributed by atoms with Gasteiger partial charge in [-0.3, -0.25) is 4.90 Å². The van der Waals surface area contributed by atoms with Gasteiger partial charge in [0.25, 0.3) is 0 Å². The fourth-order valence-electron chi connectivity index (χ4n) is 3.06. The predicted octanol–water partition coefficient (Wildman–Crippen LogP) is 3.40. The highest BCUT2D eigenvalue weighted by molar-refractivity contribution is 7.89. The van der Waals surface area contributed by atoms with Gasteiger partial charge >= 0.3 is 0 Å². The molecule has 0 aliphatic carbocycles. The number of benzene rings is 1. The van der Waals surface area contributed by atoms with Crippen LogP contribution in [0.2, 0.25) is 0 Å². The zero-order valence-corrected chi connectivity index (χ0v) is 15.3. The summed E-state index contributed by atoms with van der Waals surface area (Å²) in [6.07, 6.45) is 6.61. The third-order valence-electron chi connectivity index (χ3n) is 4.26. The second-order valence-corrected chi connectivity index (χ2v) is 8.76. The number of pyridine rings is 1. The Hall–Kier alpha value is -1.92. The van der Waals surface area contributed by atoms with Gasteiger partial charge in [0, 0.05) is 30.6 Å². The van der Waals surface area contributed by atoms with Gasteiger partial charge in [0.05, 0.1) is 5.75 Å². The second-order valence-electron chi connectivity index (χ2n) is 6.62. The highest BCUT2D eigenvalue weighted by Crippen LogP contribution is 2.26. The third-order valence-corrected chi connectivity index (χ3v) is 5.11. The first-order valence-corrected chi connectivity index (χ1v) is 10.7. The van der Waals surface area contributed by atoms with E-state index >= 15 is 0 Å². The van der Waals surface area contributed by atoms with E-state index in [1.807, 2.05) is 18.2 Å². The molecule has 6 heteroatoms. The van der Waals surface area contributed by atoms with Gasteiger partial charge in [0.2, 0.25) is 5.88 Å². The molecule has 1 saturated heterocycles. The van der Waals surface area contributed by atoms with Crippen LogP contribution in [0.5, 0.6) is 11.6 Å². The van der Waals surface area contributed by atoms with E-state index in [9.17, 15) is 8.42 Å². The minimum atomic E-state index is -3.06. The quantitative estimate of drug-likeness (QED) is 0.790. The maximum absolute atomic E-state index is 11.3. The van der Waals surface area contributed by atoms with Gasteiger partial charge in [-0.15, -0.1) is 0 Å². The maximum atomic E-state index is 11.3. The summed E-state index contributed by atoms with van der Waals surface area (Å²) < 4.78 is 28.6. The number of rotatable bonds is 6. The van der Waals surface area contributed by atoms with Crippen LogP contribution in [0.1, 0.15) is 30.4 Å². The van der Waals surface area contributed by atoms with Crippen molar-refractivity contribution in [2.45, 2.75) is 31.6 Å². The number of nitrogens with zero attached hydrogens (tertiary/aromatic N) is 2. The van der Waals surface area contributed by atoms with E-state index < -0.39 is 9.84 Å². The lowest BCUT2D eigenvalue weighted by Gasteiger charge is -2.27. The summed E-state index contributed by atoms with van der Waals surface area (Å²) in [5, 5.41) is 0. The summed E-state index contributed by atoms with van der Waals surface area (Å²) in [4.78, 5) is 6.70. The van der Waals surface area contributed by atoms with Crippen molar-refractivity contribution in [3.05, 3.63) is 53.7 Å². The molecule has 0 radical (unpaired) electrons. The molecule has 0 amide bonds. The molecule has 1 aromatic heterocycles. The molecule has 1 aromatic carbocycles. The van der Waals surface area contributed by atoms with E-state index in [1.165, 1.54) is 25.5 Å². The van der Waals surface area contributed by atoms with Gasteiger partial charge in [-0.1, -0.05) is 30.7 Å². The Morgan fingerprint density at radius 2 is 1.84 bits per heavy atom. The average Bonchev–Trinajstić information content (AvgIpc) is 2.58. The molecule has 1 aliphatic heterocycles. The molecule has 0 spiro atoms. The smallest absolute Gasteiger partial charge is 0.219 e. The van der Waals surface area contributed by atoms with E-state index in [0.29, 0.717) is 11.4 Å². The van der Waals surface area contributed by atoms with Crippen molar-refractivity contribution in [1.82, 2.24) is 9.88 Å². The van der Waals surface area contributed by atoms with Crippen LogP contribution in [0, 0.1) is 0 Å². The maximum Gasteiger partial charge on any atom is 0.219 e. The Morgan fingerprint density at radius 3 is 2.52 bits per heavy atom. The van der Waals surface area contributed by atoms with Crippen molar-refractivity contribution < 1.29 is 13.2 Å². The highest BCUT2D eigenvalue weighted by atomic mass is 32.2. The molecule has 0 atom stereocenters. The van der Waals surface area contributed by atoms with E-state index in [2.05, 4.69) is 16.0 Å². The lowest BCUT2D eigenvalue weighted by molar-refractivity contribution is 0.219. The lowest BCUT2D eigenvalue weighted by Crippen LogP contribution is -2.29. The van der Waals surface area contributed by atoms with Crippen molar-refractivity contribution in [2.75, 3.05) is 19.3 Å². The van der Waals surface area contributed by atoms with Crippen LogP contribution in [-0.4, -0.2) is 37.6 Å². The van der Waals surface area contributed by atoms with Crippen LogP contribution < -0.4 is 4.74 Å². The minimum Gasteiger partial charge on any atom is -0.439 e. The van der Waals surface area contributed by atoms with Crippen LogP contribution in [0.4, 0.5) is 0 Å². The summed E-state index contributed by atoms with van der Waals surface area (Å²) in [5.41, 5.74) is 1.81. The molecule has 2 heterocycles. The Morgan fingerprint density at radius 1 is 1.08 bits per heavy atom. The summed E-state index contributed by atoms with van der Waals surface area (Å²) in [6.45, 7) is 3.14.